The molecule has 0 saturated heterocycles. The molecule has 0 spiro atoms. The van der Waals surface area contributed by atoms with E-state index in [-0.39, 0.29) is 11.5 Å². The van der Waals surface area contributed by atoms with E-state index in [0.717, 1.165) is 37.7 Å². The average molecular weight is 371 g/mol. The van der Waals surface area contributed by atoms with Gasteiger partial charge in [-0.1, -0.05) is 6.07 Å². The van der Waals surface area contributed by atoms with Crippen molar-refractivity contribution in [1.82, 2.24) is 10.6 Å². The van der Waals surface area contributed by atoms with Crippen LogP contribution in [0.15, 0.2) is 23.2 Å². The molecule has 146 valence electrons. The third-order valence-corrected chi connectivity index (χ3v) is 3.94. The standard InChI is InChI=1S/C18H27F2N3O3/c1-21-18(22-8-3-9-25-12-13-4-5-13)23-11-14-6-7-15(24-2)16(10-14)26-17(19)20/h6-7,10,13,17H,3-5,8-9,11-12H2,1-2H3,(H2,21,22,23). The third kappa shape index (κ3) is 7.43. The van der Waals surface area contributed by atoms with Gasteiger partial charge >= 0.3 is 6.61 Å². The van der Waals surface area contributed by atoms with Crippen LogP contribution in [0.25, 0.3) is 0 Å². The quantitative estimate of drug-likeness (QED) is 0.356. The zero-order chi connectivity index (χ0) is 18.8. The predicted octanol–water partition coefficient (Wildman–Crippen LogP) is 2.78. The molecule has 1 aliphatic carbocycles. The summed E-state index contributed by atoms with van der Waals surface area (Å²) in [6, 6.07) is 4.91. The molecular formula is C18H27F2N3O3. The maximum Gasteiger partial charge on any atom is 0.387 e. The van der Waals surface area contributed by atoms with E-state index in [0.29, 0.717) is 12.5 Å². The number of rotatable bonds is 11. The molecule has 8 heteroatoms. The van der Waals surface area contributed by atoms with Crippen molar-refractivity contribution in [2.24, 2.45) is 10.9 Å². The predicted molar refractivity (Wildman–Crippen MR) is 96.0 cm³/mol. The number of halogens is 2. The lowest BCUT2D eigenvalue weighted by Crippen LogP contribution is -2.37. The van der Waals surface area contributed by atoms with Crippen molar-refractivity contribution in [3.05, 3.63) is 23.8 Å². The van der Waals surface area contributed by atoms with Gasteiger partial charge in [0.25, 0.3) is 0 Å². The lowest BCUT2D eigenvalue weighted by molar-refractivity contribution is -0.0512. The highest BCUT2D eigenvalue weighted by atomic mass is 19.3. The van der Waals surface area contributed by atoms with Crippen molar-refractivity contribution in [3.63, 3.8) is 0 Å². The van der Waals surface area contributed by atoms with Crippen LogP contribution in [0.5, 0.6) is 11.5 Å². The van der Waals surface area contributed by atoms with E-state index >= 15 is 0 Å². The number of hydrogen-bond donors (Lipinski definition) is 2. The molecule has 0 amide bonds. The summed E-state index contributed by atoms with van der Waals surface area (Å²) in [6.45, 7) is -0.141. The minimum absolute atomic E-state index is 0.0116. The highest BCUT2D eigenvalue weighted by molar-refractivity contribution is 5.79. The number of guanidine groups is 1. The van der Waals surface area contributed by atoms with Gasteiger partial charge in [-0.3, -0.25) is 4.99 Å². The Labute approximate surface area is 152 Å². The monoisotopic (exact) mass is 371 g/mol. The summed E-state index contributed by atoms with van der Waals surface area (Å²) < 4.78 is 40.1. The van der Waals surface area contributed by atoms with Crippen LogP contribution in [-0.4, -0.2) is 46.5 Å². The minimum atomic E-state index is -2.90. The first-order chi connectivity index (χ1) is 12.6. The molecule has 0 heterocycles. The third-order valence-electron chi connectivity index (χ3n) is 3.94. The van der Waals surface area contributed by atoms with Gasteiger partial charge in [-0.05, 0) is 42.9 Å². The number of ether oxygens (including phenoxy) is 3. The van der Waals surface area contributed by atoms with E-state index in [1.165, 1.54) is 26.0 Å². The minimum Gasteiger partial charge on any atom is -0.493 e. The Morgan fingerprint density at radius 2 is 2.08 bits per heavy atom. The average Bonchev–Trinajstić information content (AvgIpc) is 3.44. The Bertz CT molecular complexity index is 581. The molecule has 2 rings (SSSR count). The molecule has 0 atom stereocenters. The SMILES string of the molecule is CN=C(NCCCOCC1CC1)NCc1ccc(OC)c(OC(F)F)c1. The number of alkyl halides is 2. The van der Waals surface area contributed by atoms with Crippen LogP contribution in [0.1, 0.15) is 24.8 Å². The highest BCUT2D eigenvalue weighted by Crippen LogP contribution is 2.29. The number of nitrogens with one attached hydrogen (secondary N) is 2. The van der Waals surface area contributed by atoms with Gasteiger partial charge in [-0.2, -0.15) is 8.78 Å². The lowest BCUT2D eigenvalue weighted by atomic mass is 10.2. The lowest BCUT2D eigenvalue weighted by Gasteiger charge is -2.14. The Morgan fingerprint density at radius 3 is 2.73 bits per heavy atom. The maximum atomic E-state index is 12.5. The summed E-state index contributed by atoms with van der Waals surface area (Å²) in [5.41, 5.74) is 0.775. The summed E-state index contributed by atoms with van der Waals surface area (Å²) in [4.78, 5) is 4.14. The van der Waals surface area contributed by atoms with Crippen LogP contribution >= 0.6 is 0 Å². The molecule has 0 bridgehead atoms. The summed E-state index contributed by atoms with van der Waals surface area (Å²) >= 11 is 0. The second-order valence-electron chi connectivity index (χ2n) is 6.09. The zero-order valence-corrected chi connectivity index (χ0v) is 15.3. The fourth-order valence-electron chi connectivity index (χ4n) is 2.34. The molecule has 1 aromatic carbocycles. The molecular weight excluding hydrogens is 344 g/mol. The molecule has 26 heavy (non-hydrogen) atoms. The second-order valence-corrected chi connectivity index (χ2v) is 6.09. The van der Waals surface area contributed by atoms with Crippen molar-refractivity contribution >= 4 is 5.96 Å². The molecule has 0 aliphatic heterocycles. The molecule has 1 aromatic rings. The van der Waals surface area contributed by atoms with Gasteiger partial charge in [0.15, 0.2) is 17.5 Å². The highest BCUT2D eigenvalue weighted by Gasteiger charge is 2.20. The van der Waals surface area contributed by atoms with Crippen LogP contribution in [0.3, 0.4) is 0 Å². The normalized spacial score (nSPS) is 14.4. The number of benzene rings is 1. The van der Waals surface area contributed by atoms with E-state index in [1.807, 2.05) is 0 Å². The van der Waals surface area contributed by atoms with Gasteiger partial charge in [0.1, 0.15) is 0 Å². The van der Waals surface area contributed by atoms with Gasteiger partial charge < -0.3 is 24.8 Å². The van der Waals surface area contributed by atoms with Crippen molar-refractivity contribution in [2.45, 2.75) is 32.4 Å². The Kier molecular flexibility index (Phi) is 8.40. The van der Waals surface area contributed by atoms with Crippen molar-refractivity contribution in [3.8, 4) is 11.5 Å². The first-order valence-corrected chi connectivity index (χ1v) is 8.76. The molecule has 0 radical (unpaired) electrons. The zero-order valence-electron chi connectivity index (χ0n) is 15.3. The number of methoxy groups -OCH3 is 1. The molecule has 1 saturated carbocycles. The summed E-state index contributed by atoms with van der Waals surface area (Å²) in [5.74, 6) is 1.69. The Balaban J connectivity index is 1.72. The fourth-order valence-corrected chi connectivity index (χ4v) is 2.34. The van der Waals surface area contributed by atoms with E-state index in [1.54, 1.807) is 19.2 Å². The Hall–Kier alpha value is -2.09. The van der Waals surface area contributed by atoms with Gasteiger partial charge in [0, 0.05) is 33.4 Å². The first-order valence-electron chi connectivity index (χ1n) is 8.76. The largest absolute Gasteiger partial charge is 0.493 e. The molecule has 0 aromatic heterocycles. The number of hydrogen-bond acceptors (Lipinski definition) is 4. The van der Waals surface area contributed by atoms with E-state index in [4.69, 9.17) is 9.47 Å². The van der Waals surface area contributed by atoms with Crippen LogP contribution in [-0.2, 0) is 11.3 Å². The maximum absolute atomic E-state index is 12.5. The second kappa shape index (κ2) is 10.8. The Morgan fingerprint density at radius 1 is 1.27 bits per heavy atom. The number of aliphatic imine (C=N–C) groups is 1. The van der Waals surface area contributed by atoms with Crippen molar-refractivity contribution < 1.29 is 23.0 Å². The first kappa shape index (κ1) is 20.2. The smallest absolute Gasteiger partial charge is 0.387 e. The van der Waals surface area contributed by atoms with Gasteiger partial charge in [-0.15, -0.1) is 0 Å². The molecule has 1 fully saturated rings. The summed E-state index contributed by atoms with van der Waals surface area (Å²) in [6.07, 6.45) is 3.48. The van der Waals surface area contributed by atoms with Crippen molar-refractivity contribution in [1.29, 1.82) is 0 Å². The molecule has 6 nitrogen and oxygen atoms in total. The van der Waals surface area contributed by atoms with Gasteiger partial charge in [-0.25, -0.2) is 0 Å². The topological polar surface area (TPSA) is 64.1 Å². The van der Waals surface area contributed by atoms with Gasteiger partial charge in [0.05, 0.1) is 7.11 Å². The molecule has 0 unspecified atom stereocenters. The van der Waals surface area contributed by atoms with Gasteiger partial charge in [0.2, 0.25) is 0 Å². The van der Waals surface area contributed by atoms with E-state index in [2.05, 4.69) is 20.4 Å². The number of nitrogens with zero attached hydrogens (tertiary/aromatic N) is 1. The van der Waals surface area contributed by atoms with Crippen LogP contribution < -0.4 is 20.1 Å². The summed E-state index contributed by atoms with van der Waals surface area (Å²) in [5, 5.41) is 6.33. The van der Waals surface area contributed by atoms with Crippen LogP contribution in [0, 0.1) is 5.92 Å². The summed E-state index contributed by atoms with van der Waals surface area (Å²) in [7, 11) is 3.09. The van der Waals surface area contributed by atoms with Crippen LogP contribution in [0.2, 0.25) is 0 Å². The van der Waals surface area contributed by atoms with Crippen molar-refractivity contribution in [2.75, 3.05) is 33.9 Å². The molecule has 2 N–H and O–H groups in total. The van der Waals surface area contributed by atoms with E-state index < -0.39 is 6.61 Å². The van der Waals surface area contributed by atoms with Crippen LogP contribution in [0.4, 0.5) is 8.78 Å². The van der Waals surface area contributed by atoms with E-state index in [9.17, 15) is 8.78 Å². The fraction of sp³-hybridized carbons (Fsp3) is 0.611. The molecule has 1 aliphatic rings.